The fourth-order valence-electron chi connectivity index (χ4n) is 4.07. The molecular formula is C25H22N8OS. The summed E-state index contributed by atoms with van der Waals surface area (Å²) in [4.78, 5) is 21.8. The number of amides is 1. The number of rotatable bonds is 6. The van der Waals surface area contributed by atoms with Crippen LogP contribution in [0.5, 0.6) is 0 Å². The first kappa shape index (κ1) is 21.6. The molecule has 0 radical (unpaired) electrons. The standard InChI is InChI=1S/C25H22N8OS/c34-25(27-14-15-3-2-9-26-13-15)17-4-1-5-18(11-17)28-24-20-8-10-35-22(20)19-7-6-16(12-21(19)29-24)23-30-32-33-31-23/h1-13,23,30-33H,14H2,(H,27,34)(H,28,29). The SMILES string of the molecule is O=C(NCc1cccnc1)c1cccc(Nc2nc3cc(C4NNNN4)ccc3c3sccc23)c1. The Morgan fingerprint density at radius 1 is 1.00 bits per heavy atom. The molecule has 6 rings (SSSR count). The fraction of sp³-hybridized carbons (Fsp3) is 0.0800. The molecule has 6 N–H and O–H groups in total. The van der Waals surface area contributed by atoms with Gasteiger partial charge in [-0.1, -0.05) is 24.3 Å². The second-order valence-corrected chi connectivity index (χ2v) is 9.04. The Labute approximate surface area is 204 Å². The number of aromatic nitrogens is 2. The molecule has 1 fully saturated rings. The monoisotopic (exact) mass is 482 g/mol. The maximum absolute atomic E-state index is 12.7. The van der Waals surface area contributed by atoms with E-state index in [-0.39, 0.29) is 12.1 Å². The van der Waals surface area contributed by atoms with Gasteiger partial charge in [-0.3, -0.25) is 9.78 Å². The summed E-state index contributed by atoms with van der Waals surface area (Å²) in [5, 5.41) is 10.6. The molecule has 1 amide bonds. The first-order valence-corrected chi connectivity index (χ1v) is 12.0. The zero-order valence-corrected chi connectivity index (χ0v) is 19.3. The van der Waals surface area contributed by atoms with Gasteiger partial charge in [-0.15, -0.1) is 11.3 Å². The van der Waals surface area contributed by atoms with Gasteiger partial charge in [-0.25, -0.2) is 15.8 Å². The molecule has 2 aromatic carbocycles. The molecule has 1 saturated heterocycles. The number of thiophene rings is 1. The maximum atomic E-state index is 12.7. The predicted molar refractivity (Wildman–Crippen MR) is 138 cm³/mol. The van der Waals surface area contributed by atoms with Gasteiger partial charge in [0.15, 0.2) is 0 Å². The van der Waals surface area contributed by atoms with E-state index < -0.39 is 0 Å². The third kappa shape index (κ3) is 4.44. The normalized spacial score (nSPS) is 13.9. The van der Waals surface area contributed by atoms with E-state index in [4.69, 9.17) is 4.98 Å². The number of anilines is 2. The van der Waals surface area contributed by atoms with Crippen molar-refractivity contribution >= 4 is 49.7 Å². The van der Waals surface area contributed by atoms with E-state index in [1.807, 2.05) is 30.3 Å². The molecular weight excluding hydrogens is 460 g/mol. The Balaban J connectivity index is 1.28. The lowest BCUT2D eigenvalue weighted by atomic mass is 10.1. The Bertz CT molecular complexity index is 1510. The summed E-state index contributed by atoms with van der Waals surface area (Å²) >= 11 is 1.69. The first-order chi connectivity index (χ1) is 17.2. The van der Waals surface area contributed by atoms with Gasteiger partial charge in [0.05, 0.1) is 5.52 Å². The molecule has 5 aromatic rings. The predicted octanol–water partition coefficient (Wildman–Crippen LogP) is 3.63. The zero-order valence-electron chi connectivity index (χ0n) is 18.5. The van der Waals surface area contributed by atoms with Crippen molar-refractivity contribution in [2.24, 2.45) is 0 Å². The summed E-state index contributed by atoms with van der Waals surface area (Å²) in [7, 11) is 0. The number of nitrogens with zero attached hydrogens (tertiary/aromatic N) is 2. The van der Waals surface area contributed by atoms with Gasteiger partial charge in [-0.2, -0.15) is 11.1 Å². The van der Waals surface area contributed by atoms with Gasteiger partial charge < -0.3 is 10.6 Å². The van der Waals surface area contributed by atoms with Crippen LogP contribution < -0.4 is 32.6 Å². The van der Waals surface area contributed by atoms with Crippen LogP contribution in [0.25, 0.3) is 21.0 Å². The summed E-state index contributed by atoms with van der Waals surface area (Å²) in [5.41, 5.74) is 16.2. The number of pyridine rings is 2. The van der Waals surface area contributed by atoms with E-state index in [2.05, 4.69) is 67.2 Å². The molecule has 9 nitrogen and oxygen atoms in total. The van der Waals surface area contributed by atoms with Gasteiger partial charge in [0, 0.05) is 45.7 Å². The Morgan fingerprint density at radius 3 is 2.77 bits per heavy atom. The van der Waals surface area contributed by atoms with Crippen LogP contribution in [0.1, 0.15) is 27.7 Å². The van der Waals surface area contributed by atoms with Gasteiger partial charge in [0.1, 0.15) is 12.0 Å². The van der Waals surface area contributed by atoms with Crippen LogP contribution in [0.3, 0.4) is 0 Å². The zero-order chi connectivity index (χ0) is 23.6. The number of carbonyl (C=O) groups is 1. The Kier molecular flexibility index (Phi) is 5.78. The lowest BCUT2D eigenvalue weighted by molar-refractivity contribution is 0.0951. The molecule has 1 aliphatic rings. The highest BCUT2D eigenvalue weighted by atomic mass is 32.1. The molecule has 4 heterocycles. The number of benzene rings is 2. The van der Waals surface area contributed by atoms with Crippen molar-refractivity contribution in [3.8, 4) is 0 Å². The van der Waals surface area contributed by atoms with Crippen LogP contribution in [-0.4, -0.2) is 15.9 Å². The number of hydrazine groups is 3. The molecule has 174 valence electrons. The topological polar surface area (TPSA) is 115 Å². The Hall–Kier alpha value is -3.93. The lowest BCUT2D eigenvalue weighted by Crippen LogP contribution is -2.33. The summed E-state index contributed by atoms with van der Waals surface area (Å²) in [6.45, 7) is 0.421. The van der Waals surface area contributed by atoms with E-state index in [9.17, 15) is 4.79 Å². The minimum absolute atomic E-state index is 0.0708. The number of carbonyl (C=O) groups excluding carboxylic acids is 1. The van der Waals surface area contributed by atoms with E-state index in [1.54, 1.807) is 29.8 Å². The minimum Gasteiger partial charge on any atom is -0.348 e. The van der Waals surface area contributed by atoms with Crippen molar-refractivity contribution in [2.45, 2.75) is 12.7 Å². The third-order valence-corrected chi connectivity index (χ3v) is 6.76. The van der Waals surface area contributed by atoms with Crippen molar-refractivity contribution in [1.82, 2.24) is 37.2 Å². The highest BCUT2D eigenvalue weighted by molar-refractivity contribution is 7.18. The second kappa shape index (κ2) is 9.37. The highest BCUT2D eigenvalue weighted by Crippen LogP contribution is 2.35. The minimum atomic E-state index is -0.145. The second-order valence-electron chi connectivity index (χ2n) is 8.12. The van der Waals surface area contributed by atoms with Crippen LogP contribution in [0.4, 0.5) is 11.5 Å². The van der Waals surface area contributed by atoms with Crippen LogP contribution in [0, 0.1) is 0 Å². The van der Waals surface area contributed by atoms with Crippen LogP contribution >= 0.6 is 11.3 Å². The van der Waals surface area contributed by atoms with Crippen LogP contribution in [0.2, 0.25) is 0 Å². The summed E-state index contributed by atoms with van der Waals surface area (Å²) in [5.74, 6) is 0.607. The summed E-state index contributed by atoms with van der Waals surface area (Å²) < 4.78 is 1.16. The molecule has 3 aromatic heterocycles. The van der Waals surface area contributed by atoms with E-state index in [0.29, 0.717) is 12.1 Å². The smallest absolute Gasteiger partial charge is 0.251 e. The molecule has 0 saturated carbocycles. The molecule has 0 spiro atoms. The summed E-state index contributed by atoms with van der Waals surface area (Å²) in [6, 6.07) is 19.5. The van der Waals surface area contributed by atoms with E-state index in [1.165, 1.54) is 0 Å². The van der Waals surface area contributed by atoms with Gasteiger partial charge in [-0.05, 0) is 52.9 Å². The maximum Gasteiger partial charge on any atom is 0.251 e. The molecule has 0 bridgehead atoms. The van der Waals surface area contributed by atoms with Gasteiger partial charge in [0.2, 0.25) is 0 Å². The van der Waals surface area contributed by atoms with Crippen molar-refractivity contribution in [2.75, 3.05) is 5.32 Å². The van der Waals surface area contributed by atoms with Crippen molar-refractivity contribution in [1.29, 1.82) is 0 Å². The lowest BCUT2D eigenvalue weighted by Gasteiger charge is -2.13. The largest absolute Gasteiger partial charge is 0.348 e. The van der Waals surface area contributed by atoms with Crippen LogP contribution in [-0.2, 0) is 6.54 Å². The summed E-state index contributed by atoms with van der Waals surface area (Å²) in [6.07, 6.45) is 3.38. The van der Waals surface area contributed by atoms with E-state index >= 15 is 0 Å². The highest BCUT2D eigenvalue weighted by Gasteiger charge is 2.17. The van der Waals surface area contributed by atoms with Gasteiger partial charge >= 0.3 is 0 Å². The van der Waals surface area contributed by atoms with Crippen molar-refractivity contribution in [3.05, 3.63) is 95.1 Å². The molecule has 0 aliphatic carbocycles. The average molecular weight is 483 g/mol. The third-order valence-electron chi connectivity index (χ3n) is 5.81. The number of hydrogen-bond donors (Lipinski definition) is 6. The molecule has 0 unspecified atom stereocenters. The molecule has 0 atom stereocenters. The number of hydrogen-bond acceptors (Lipinski definition) is 9. The Morgan fingerprint density at radius 2 is 1.91 bits per heavy atom. The fourth-order valence-corrected chi connectivity index (χ4v) is 5.01. The van der Waals surface area contributed by atoms with Gasteiger partial charge in [0.25, 0.3) is 5.91 Å². The van der Waals surface area contributed by atoms with Crippen LogP contribution in [0.15, 0.2) is 78.4 Å². The molecule has 1 aliphatic heterocycles. The van der Waals surface area contributed by atoms with Crippen molar-refractivity contribution in [3.63, 3.8) is 0 Å². The molecule has 35 heavy (non-hydrogen) atoms. The molecule has 10 heteroatoms. The number of fused-ring (bicyclic) bond motifs is 3. The quantitative estimate of drug-likeness (QED) is 0.217. The first-order valence-electron chi connectivity index (χ1n) is 11.1. The number of nitrogens with one attached hydrogen (secondary N) is 6. The van der Waals surface area contributed by atoms with E-state index in [0.717, 1.165) is 43.6 Å². The van der Waals surface area contributed by atoms with Crippen molar-refractivity contribution < 1.29 is 4.79 Å². The average Bonchev–Trinajstić information content (AvgIpc) is 3.61.